The zero-order chi connectivity index (χ0) is 11.8. The molecule has 90 valence electrons. The summed E-state index contributed by atoms with van der Waals surface area (Å²) in [5, 5.41) is 0. The van der Waals surface area contributed by atoms with Crippen molar-refractivity contribution in [1.29, 1.82) is 0 Å². The van der Waals surface area contributed by atoms with Crippen LogP contribution >= 0.6 is 12.2 Å². The van der Waals surface area contributed by atoms with Gasteiger partial charge in [-0.25, -0.2) is 0 Å². The van der Waals surface area contributed by atoms with Gasteiger partial charge in [0.2, 0.25) is 0 Å². The lowest BCUT2D eigenvalue weighted by atomic mass is 10.1. The highest BCUT2D eigenvalue weighted by Crippen LogP contribution is 2.07. The Morgan fingerprint density at radius 3 is 2.27 bits per heavy atom. The Bertz CT molecular complexity index is 183. The van der Waals surface area contributed by atoms with E-state index < -0.39 is 0 Å². The van der Waals surface area contributed by atoms with Crippen LogP contribution in [0.4, 0.5) is 0 Å². The van der Waals surface area contributed by atoms with Crippen molar-refractivity contribution in [2.24, 2.45) is 5.73 Å². The number of hydrogen-bond donors (Lipinski definition) is 1. The minimum atomic E-state index is 0.504. The first-order valence-corrected chi connectivity index (χ1v) is 6.01. The summed E-state index contributed by atoms with van der Waals surface area (Å²) in [4.78, 5) is 5.20. The Kier molecular flexibility index (Phi) is 7.92. The third-order valence-corrected chi connectivity index (χ3v) is 2.81. The molecule has 0 aliphatic carbocycles. The van der Waals surface area contributed by atoms with Crippen molar-refractivity contribution in [3.63, 3.8) is 0 Å². The van der Waals surface area contributed by atoms with E-state index >= 15 is 0 Å². The first-order valence-electron chi connectivity index (χ1n) is 5.60. The second-order valence-corrected chi connectivity index (χ2v) is 4.89. The van der Waals surface area contributed by atoms with Gasteiger partial charge in [0.25, 0.3) is 0 Å². The van der Waals surface area contributed by atoms with Crippen molar-refractivity contribution >= 4 is 17.2 Å². The summed E-state index contributed by atoms with van der Waals surface area (Å²) in [6.45, 7) is 4.43. The van der Waals surface area contributed by atoms with Crippen molar-refractivity contribution < 1.29 is 0 Å². The number of hydrogen-bond acceptors (Lipinski definition) is 3. The van der Waals surface area contributed by atoms with Gasteiger partial charge in [0.05, 0.1) is 4.99 Å². The topological polar surface area (TPSA) is 32.5 Å². The summed E-state index contributed by atoms with van der Waals surface area (Å²) in [5.41, 5.74) is 5.58. The fourth-order valence-corrected chi connectivity index (χ4v) is 1.86. The highest BCUT2D eigenvalue weighted by atomic mass is 32.1. The molecule has 0 saturated carbocycles. The maximum atomic E-state index is 5.58. The number of rotatable bonds is 8. The Morgan fingerprint density at radius 2 is 1.87 bits per heavy atom. The molecule has 1 unspecified atom stereocenters. The summed E-state index contributed by atoms with van der Waals surface area (Å²) in [6.07, 6.45) is 3.14. The largest absolute Gasteiger partial charge is 0.393 e. The zero-order valence-corrected chi connectivity index (χ0v) is 11.3. The van der Waals surface area contributed by atoms with Gasteiger partial charge in [-0.2, -0.15) is 0 Å². The number of nitrogens with two attached hydrogens (primary N) is 1. The Balaban J connectivity index is 3.82. The molecule has 2 N–H and O–H groups in total. The van der Waals surface area contributed by atoms with Crippen LogP contribution in [-0.2, 0) is 0 Å². The Labute approximate surface area is 99.6 Å². The van der Waals surface area contributed by atoms with Crippen molar-refractivity contribution in [1.82, 2.24) is 9.80 Å². The molecule has 0 radical (unpaired) electrons. The highest BCUT2D eigenvalue weighted by Gasteiger charge is 2.13. The molecular weight excluding hydrogens is 206 g/mol. The van der Waals surface area contributed by atoms with Crippen LogP contribution in [-0.4, -0.2) is 55.1 Å². The minimum Gasteiger partial charge on any atom is -0.393 e. The predicted molar refractivity (Wildman–Crippen MR) is 71.3 cm³/mol. The van der Waals surface area contributed by atoms with Crippen LogP contribution in [0.3, 0.4) is 0 Å². The van der Waals surface area contributed by atoms with Gasteiger partial charge in [-0.05, 0) is 47.1 Å². The molecule has 1 atom stereocenters. The fourth-order valence-electron chi connectivity index (χ4n) is 1.66. The summed E-state index contributed by atoms with van der Waals surface area (Å²) in [5.74, 6) is 0. The van der Waals surface area contributed by atoms with E-state index in [0.29, 0.717) is 11.0 Å². The summed E-state index contributed by atoms with van der Waals surface area (Å²) < 4.78 is 0. The lowest BCUT2D eigenvalue weighted by Crippen LogP contribution is -2.36. The van der Waals surface area contributed by atoms with E-state index in [1.54, 1.807) is 0 Å². The van der Waals surface area contributed by atoms with Crippen molar-refractivity contribution in [2.45, 2.75) is 32.2 Å². The van der Waals surface area contributed by atoms with E-state index in [1.807, 2.05) is 0 Å². The number of nitrogens with zero attached hydrogens (tertiary/aromatic N) is 2. The monoisotopic (exact) mass is 231 g/mol. The standard InChI is InChI=1S/C11H25N3S/c1-5-10(9-11(12)15)14(4)8-6-7-13(2)3/h10H,5-9H2,1-4H3,(H2,12,15). The normalized spacial score (nSPS) is 13.5. The molecule has 0 amide bonds. The SMILES string of the molecule is CCC(CC(N)=S)N(C)CCCN(C)C. The molecule has 0 spiro atoms. The molecular formula is C11H25N3S. The average Bonchev–Trinajstić information content (AvgIpc) is 2.13. The number of thiocarbonyl (C=S) groups is 1. The summed E-state index contributed by atoms with van der Waals surface area (Å²) in [7, 11) is 6.36. The average molecular weight is 231 g/mol. The molecule has 0 aliphatic rings. The van der Waals surface area contributed by atoms with E-state index in [4.69, 9.17) is 18.0 Å². The van der Waals surface area contributed by atoms with E-state index in [9.17, 15) is 0 Å². The maximum Gasteiger partial charge on any atom is 0.0743 e. The Morgan fingerprint density at radius 1 is 1.27 bits per heavy atom. The summed E-state index contributed by atoms with van der Waals surface area (Å²) >= 11 is 4.95. The molecule has 4 heteroatoms. The molecule has 0 heterocycles. The van der Waals surface area contributed by atoms with Gasteiger partial charge in [0.15, 0.2) is 0 Å². The molecule has 3 nitrogen and oxygen atoms in total. The second-order valence-electron chi connectivity index (χ2n) is 4.37. The van der Waals surface area contributed by atoms with Crippen LogP contribution in [0.15, 0.2) is 0 Å². The van der Waals surface area contributed by atoms with Crippen LogP contribution < -0.4 is 5.73 Å². The lowest BCUT2D eigenvalue weighted by molar-refractivity contribution is 0.228. The van der Waals surface area contributed by atoms with Crippen molar-refractivity contribution in [2.75, 3.05) is 34.2 Å². The molecule has 0 aromatic carbocycles. The second kappa shape index (κ2) is 8.02. The van der Waals surface area contributed by atoms with Gasteiger partial charge in [-0.1, -0.05) is 19.1 Å². The Hall–Kier alpha value is -0.190. The molecule has 0 bridgehead atoms. The van der Waals surface area contributed by atoms with Gasteiger partial charge >= 0.3 is 0 Å². The first-order chi connectivity index (χ1) is 6.97. The lowest BCUT2D eigenvalue weighted by Gasteiger charge is -2.27. The summed E-state index contributed by atoms with van der Waals surface area (Å²) in [6, 6.07) is 0.504. The molecule has 0 aromatic heterocycles. The smallest absolute Gasteiger partial charge is 0.0743 e. The quantitative estimate of drug-likeness (QED) is 0.639. The molecule has 0 fully saturated rings. The van der Waals surface area contributed by atoms with Gasteiger partial charge in [0.1, 0.15) is 0 Å². The van der Waals surface area contributed by atoms with Gasteiger partial charge in [0, 0.05) is 12.5 Å². The first kappa shape index (κ1) is 14.8. The highest BCUT2D eigenvalue weighted by molar-refractivity contribution is 7.80. The molecule has 0 aromatic rings. The van der Waals surface area contributed by atoms with E-state index in [1.165, 1.54) is 6.42 Å². The zero-order valence-electron chi connectivity index (χ0n) is 10.5. The van der Waals surface area contributed by atoms with Crippen LogP contribution in [0, 0.1) is 0 Å². The van der Waals surface area contributed by atoms with E-state index in [-0.39, 0.29) is 0 Å². The van der Waals surface area contributed by atoms with Crippen LogP contribution in [0.2, 0.25) is 0 Å². The van der Waals surface area contributed by atoms with Crippen LogP contribution in [0.25, 0.3) is 0 Å². The minimum absolute atomic E-state index is 0.504. The van der Waals surface area contributed by atoms with Gasteiger partial charge < -0.3 is 15.5 Å². The van der Waals surface area contributed by atoms with Gasteiger partial charge in [-0.15, -0.1) is 0 Å². The predicted octanol–water partition coefficient (Wildman–Crippen LogP) is 1.32. The van der Waals surface area contributed by atoms with Crippen molar-refractivity contribution in [3.8, 4) is 0 Å². The molecule has 15 heavy (non-hydrogen) atoms. The third-order valence-electron chi connectivity index (χ3n) is 2.65. The molecule has 0 rings (SSSR count). The van der Waals surface area contributed by atoms with Crippen LogP contribution in [0.1, 0.15) is 26.2 Å². The molecule has 0 saturated heterocycles. The fraction of sp³-hybridized carbons (Fsp3) is 0.909. The molecule has 0 aliphatic heterocycles. The maximum absolute atomic E-state index is 5.58. The van der Waals surface area contributed by atoms with Crippen LogP contribution in [0.5, 0.6) is 0 Å². The van der Waals surface area contributed by atoms with E-state index in [2.05, 4.69) is 37.9 Å². The van der Waals surface area contributed by atoms with Crippen molar-refractivity contribution in [3.05, 3.63) is 0 Å². The van der Waals surface area contributed by atoms with E-state index in [0.717, 1.165) is 25.9 Å². The third kappa shape index (κ3) is 7.71. The van der Waals surface area contributed by atoms with Gasteiger partial charge in [-0.3, -0.25) is 0 Å².